The van der Waals surface area contributed by atoms with Gasteiger partial charge >= 0.3 is 0 Å². The molecule has 0 aliphatic heterocycles. The lowest BCUT2D eigenvalue weighted by molar-refractivity contribution is 0.397. The van der Waals surface area contributed by atoms with Crippen molar-refractivity contribution in [2.75, 3.05) is 0 Å². The Bertz CT molecular complexity index is 882. The fourth-order valence-corrected chi connectivity index (χ4v) is 6.53. The van der Waals surface area contributed by atoms with Crippen LogP contribution in [0.25, 0.3) is 11.1 Å². The second kappa shape index (κ2) is 16.0. The van der Waals surface area contributed by atoms with Crippen molar-refractivity contribution in [1.82, 2.24) is 0 Å². The average Bonchev–Trinajstić information content (AvgIpc) is 3.18. The van der Waals surface area contributed by atoms with Gasteiger partial charge in [0, 0.05) is 5.41 Å². The molecule has 0 nitrogen and oxygen atoms in total. The number of hydrogen-bond acceptors (Lipinski definition) is 0. The minimum Gasteiger partial charge on any atom is -0.103 e. The van der Waals surface area contributed by atoms with Gasteiger partial charge in [0.25, 0.3) is 0 Å². The van der Waals surface area contributed by atoms with Gasteiger partial charge in [-0.25, -0.2) is 0 Å². The van der Waals surface area contributed by atoms with E-state index in [1.807, 2.05) is 0 Å². The number of benzene rings is 2. The van der Waals surface area contributed by atoms with Gasteiger partial charge in [-0.1, -0.05) is 139 Å². The summed E-state index contributed by atoms with van der Waals surface area (Å²) in [4.78, 5) is 0. The largest absolute Gasteiger partial charge is 0.103 e. The molecule has 0 fully saturated rings. The van der Waals surface area contributed by atoms with Crippen LogP contribution in [-0.4, -0.2) is 0 Å². The molecule has 0 heterocycles. The topological polar surface area (TPSA) is 0 Å². The maximum absolute atomic E-state index is 3.96. The third-order valence-corrected chi connectivity index (χ3v) is 8.68. The molecule has 2 aromatic rings. The average molecular weight is 499 g/mol. The van der Waals surface area contributed by atoms with Gasteiger partial charge in [0.15, 0.2) is 0 Å². The van der Waals surface area contributed by atoms with Gasteiger partial charge < -0.3 is 0 Å². The summed E-state index contributed by atoms with van der Waals surface area (Å²) >= 11 is 0. The zero-order valence-electron chi connectivity index (χ0n) is 24.3. The van der Waals surface area contributed by atoms with Crippen molar-refractivity contribution in [2.24, 2.45) is 0 Å². The van der Waals surface area contributed by atoms with E-state index in [0.717, 1.165) is 25.7 Å². The fourth-order valence-electron chi connectivity index (χ4n) is 6.53. The van der Waals surface area contributed by atoms with Crippen LogP contribution in [0.15, 0.2) is 61.7 Å². The number of hydrogen-bond donors (Lipinski definition) is 0. The first kappa shape index (κ1) is 29.5. The van der Waals surface area contributed by atoms with E-state index in [2.05, 4.69) is 75.6 Å². The fraction of sp³-hybridized carbons (Fsp3) is 0.568. The molecule has 0 heteroatoms. The van der Waals surface area contributed by atoms with Crippen LogP contribution in [0.1, 0.15) is 139 Å². The molecule has 1 aliphatic rings. The van der Waals surface area contributed by atoms with Crippen molar-refractivity contribution >= 4 is 0 Å². The summed E-state index contributed by atoms with van der Waals surface area (Å²) in [7, 11) is 0. The van der Waals surface area contributed by atoms with Gasteiger partial charge in [0.1, 0.15) is 0 Å². The van der Waals surface area contributed by atoms with Gasteiger partial charge in [-0.15, -0.1) is 13.2 Å². The van der Waals surface area contributed by atoms with Crippen molar-refractivity contribution in [3.63, 3.8) is 0 Å². The van der Waals surface area contributed by atoms with Crippen molar-refractivity contribution < 1.29 is 0 Å². The third kappa shape index (κ3) is 7.95. The molecule has 0 saturated heterocycles. The van der Waals surface area contributed by atoms with Crippen LogP contribution in [0.3, 0.4) is 0 Å². The van der Waals surface area contributed by atoms with E-state index in [1.165, 1.54) is 112 Å². The van der Waals surface area contributed by atoms with E-state index >= 15 is 0 Å². The first-order valence-electron chi connectivity index (χ1n) is 15.7. The molecule has 0 atom stereocenters. The van der Waals surface area contributed by atoms with E-state index in [-0.39, 0.29) is 5.41 Å². The highest BCUT2D eigenvalue weighted by molar-refractivity contribution is 5.82. The molecule has 3 rings (SSSR count). The minimum absolute atomic E-state index is 0.189. The Balaban J connectivity index is 1.94. The maximum atomic E-state index is 3.96. The molecule has 0 radical (unpaired) electrons. The van der Waals surface area contributed by atoms with Gasteiger partial charge in [0.05, 0.1) is 0 Å². The second-order valence-electron chi connectivity index (χ2n) is 11.5. The highest BCUT2D eigenvalue weighted by atomic mass is 14.4. The lowest BCUT2D eigenvalue weighted by atomic mass is 9.70. The first-order valence-corrected chi connectivity index (χ1v) is 15.7. The summed E-state index contributed by atoms with van der Waals surface area (Å²) < 4.78 is 0. The van der Waals surface area contributed by atoms with Crippen LogP contribution in [0.2, 0.25) is 0 Å². The lowest BCUT2D eigenvalue weighted by Gasteiger charge is -2.33. The second-order valence-corrected chi connectivity index (χ2v) is 11.5. The summed E-state index contributed by atoms with van der Waals surface area (Å²) in [5.41, 5.74) is 9.38. The number of fused-ring (bicyclic) bond motifs is 3. The number of allylic oxidation sites excluding steroid dienone is 2. The Labute approximate surface area is 229 Å². The molecule has 0 amide bonds. The van der Waals surface area contributed by atoms with Crippen LogP contribution in [-0.2, 0) is 18.3 Å². The number of rotatable bonds is 20. The van der Waals surface area contributed by atoms with Crippen LogP contribution in [0, 0.1) is 0 Å². The molecule has 0 aromatic heterocycles. The standard InChI is InChI=1S/C37H54/c1-5-9-13-15-17-19-27-37(28-20-18-16-14-10-6-2)35-25-23-31(21-11-7-3)29-33(35)34-30-32(22-12-8-4)24-26-36(34)37/h7-8,23-26,29-30H,3-6,9-22,27-28H2,1-2H3. The van der Waals surface area contributed by atoms with Gasteiger partial charge in [-0.05, 0) is 71.9 Å². The molecule has 1 aliphatic carbocycles. The molecule has 0 saturated carbocycles. The molecule has 0 N–H and O–H groups in total. The highest BCUT2D eigenvalue weighted by Gasteiger charge is 2.42. The van der Waals surface area contributed by atoms with E-state index < -0.39 is 0 Å². The molecule has 0 bridgehead atoms. The van der Waals surface area contributed by atoms with Crippen LogP contribution in [0.4, 0.5) is 0 Å². The smallest absolute Gasteiger partial charge is 0.0215 e. The Kier molecular flexibility index (Phi) is 12.8. The predicted octanol–water partition coefficient (Wildman–Crippen LogP) is 11.7. The Morgan fingerprint density at radius 2 is 0.973 bits per heavy atom. The first-order chi connectivity index (χ1) is 18.2. The molecule has 0 spiro atoms. The van der Waals surface area contributed by atoms with Gasteiger partial charge in [0.2, 0.25) is 0 Å². The number of aryl methyl sites for hydroxylation is 2. The summed E-state index contributed by atoms with van der Waals surface area (Å²) in [6, 6.07) is 14.9. The van der Waals surface area contributed by atoms with Gasteiger partial charge in [-0.2, -0.15) is 0 Å². The molecule has 37 heavy (non-hydrogen) atoms. The van der Waals surface area contributed by atoms with Crippen molar-refractivity contribution in [1.29, 1.82) is 0 Å². The van der Waals surface area contributed by atoms with E-state index in [0.29, 0.717) is 0 Å². The highest BCUT2D eigenvalue weighted by Crippen LogP contribution is 2.54. The van der Waals surface area contributed by atoms with Crippen molar-refractivity contribution in [2.45, 2.75) is 135 Å². The zero-order valence-corrected chi connectivity index (χ0v) is 24.3. The van der Waals surface area contributed by atoms with Crippen molar-refractivity contribution in [3.8, 4) is 11.1 Å². The molecular formula is C37H54. The normalized spacial score (nSPS) is 13.4. The predicted molar refractivity (Wildman–Crippen MR) is 166 cm³/mol. The summed E-state index contributed by atoms with van der Waals surface area (Å²) in [6.07, 6.45) is 27.4. The Morgan fingerprint density at radius 1 is 0.568 bits per heavy atom. The van der Waals surface area contributed by atoms with E-state index in [1.54, 1.807) is 11.1 Å². The number of unbranched alkanes of at least 4 members (excludes halogenated alkanes) is 10. The maximum Gasteiger partial charge on any atom is 0.0215 e. The molecule has 2 aromatic carbocycles. The van der Waals surface area contributed by atoms with Gasteiger partial charge in [-0.3, -0.25) is 0 Å². The minimum atomic E-state index is 0.189. The van der Waals surface area contributed by atoms with Crippen LogP contribution < -0.4 is 0 Å². The van der Waals surface area contributed by atoms with Crippen LogP contribution >= 0.6 is 0 Å². The van der Waals surface area contributed by atoms with E-state index in [4.69, 9.17) is 0 Å². The third-order valence-electron chi connectivity index (χ3n) is 8.68. The quantitative estimate of drug-likeness (QED) is 0.126. The molecule has 202 valence electrons. The zero-order chi connectivity index (χ0) is 26.3. The molecule has 0 unspecified atom stereocenters. The summed E-state index contributed by atoms with van der Waals surface area (Å²) in [6.45, 7) is 12.5. The lowest BCUT2D eigenvalue weighted by Crippen LogP contribution is -2.25. The Morgan fingerprint density at radius 3 is 1.38 bits per heavy atom. The SMILES string of the molecule is C=CCCc1ccc2c(c1)-c1cc(CCC=C)ccc1C2(CCCCCCCC)CCCCCCCC. The summed E-state index contributed by atoms with van der Waals surface area (Å²) in [5, 5.41) is 0. The van der Waals surface area contributed by atoms with Crippen molar-refractivity contribution in [3.05, 3.63) is 84.0 Å². The van der Waals surface area contributed by atoms with E-state index in [9.17, 15) is 0 Å². The summed E-state index contributed by atoms with van der Waals surface area (Å²) in [5.74, 6) is 0. The monoisotopic (exact) mass is 498 g/mol. The van der Waals surface area contributed by atoms with Crippen LogP contribution in [0.5, 0.6) is 0 Å². The Hall–Kier alpha value is -2.08. The molecular weight excluding hydrogens is 444 g/mol.